The maximum absolute atomic E-state index is 5.66. The van der Waals surface area contributed by atoms with Crippen LogP contribution in [-0.2, 0) is 23.2 Å². The molecule has 0 radical (unpaired) electrons. The maximum atomic E-state index is 5.66. The van der Waals surface area contributed by atoms with Crippen molar-refractivity contribution in [2.75, 3.05) is 26.8 Å². The summed E-state index contributed by atoms with van der Waals surface area (Å²) in [6, 6.07) is 21.2. The summed E-state index contributed by atoms with van der Waals surface area (Å²) in [6.45, 7) is 3.88. The molecule has 0 unspecified atom stereocenters. The van der Waals surface area contributed by atoms with Crippen molar-refractivity contribution in [2.24, 2.45) is 4.99 Å². The Morgan fingerprint density at radius 2 is 1.74 bits per heavy atom. The topological polar surface area (TPSA) is 63.5 Å². The number of rotatable bonds is 7. The van der Waals surface area contributed by atoms with Crippen LogP contribution in [0, 0.1) is 0 Å². The first kappa shape index (κ1) is 21.1. The van der Waals surface area contributed by atoms with Crippen LogP contribution in [0.2, 0.25) is 0 Å². The highest BCUT2D eigenvalue weighted by Gasteiger charge is 2.34. The lowest BCUT2D eigenvalue weighted by molar-refractivity contribution is 0.0514. The fourth-order valence-electron chi connectivity index (χ4n) is 4.23. The summed E-state index contributed by atoms with van der Waals surface area (Å²) < 4.78 is 7.61. The number of guanidine groups is 1. The summed E-state index contributed by atoms with van der Waals surface area (Å²) in [6.07, 6.45) is 5.81. The van der Waals surface area contributed by atoms with Crippen LogP contribution in [0.5, 0.6) is 0 Å². The Labute approximate surface area is 184 Å². The number of ether oxygens (including phenoxy) is 1. The molecule has 4 rings (SSSR count). The Bertz CT molecular complexity index is 963. The Balaban J connectivity index is 1.40. The van der Waals surface area contributed by atoms with E-state index in [9.17, 15) is 0 Å². The van der Waals surface area contributed by atoms with Gasteiger partial charge in [-0.2, -0.15) is 5.10 Å². The second kappa shape index (κ2) is 10.3. The summed E-state index contributed by atoms with van der Waals surface area (Å²) in [7, 11) is 1.82. The Kier molecular flexibility index (Phi) is 6.99. The molecule has 0 aliphatic carbocycles. The lowest BCUT2D eigenvalue weighted by atomic mass is 9.74. The van der Waals surface area contributed by atoms with E-state index in [1.54, 1.807) is 0 Å². The zero-order valence-corrected chi connectivity index (χ0v) is 18.1. The zero-order valence-electron chi connectivity index (χ0n) is 18.1. The van der Waals surface area contributed by atoms with Crippen LogP contribution in [0.1, 0.15) is 29.5 Å². The molecule has 6 heteroatoms. The molecule has 1 aromatic heterocycles. The molecule has 0 spiro atoms. The van der Waals surface area contributed by atoms with Crippen LogP contribution >= 0.6 is 0 Å². The average molecular weight is 418 g/mol. The molecular weight excluding hydrogens is 386 g/mol. The van der Waals surface area contributed by atoms with Crippen LogP contribution in [0.3, 0.4) is 0 Å². The number of benzene rings is 2. The summed E-state index contributed by atoms with van der Waals surface area (Å²) in [5.41, 5.74) is 3.92. The number of nitrogens with one attached hydrogen (secondary N) is 2. The van der Waals surface area contributed by atoms with Crippen molar-refractivity contribution in [1.82, 2.24) is 20.4 Å². The monoisotopic (exact) mass is 417 g/mol. The minimum Gasteiger partial charge on any atom is -0.381 e. The van der Waals surface area contributed by atoms with Crippen LogP contribution in [0.4, 0.5) is 0 Å². The van der Waals surface area contributed by atoms with Gasteiger partial charge in [0.05, 0.1) is 6.54 Å². The van der Waals surface area contributed by atoms with Crippen molar-refractivity contribution < 1.29 is 4.74 Å². The number of aromatic nitrogens is 2. The van der Waals surface area contributed by atoms with E-state index < -0.39 is 0 Å². The normalized spacial score (nSPS) is 16.1. The van der Waals surface area contributed by atoms with E-state index in [1.807, 2.05) is 30.2 Å². The molecule has 2 heterocycles. The van der Waals surface area contributed by atoms with Crippen LogP contribution < -0.4 is 10.6 Å². The van der Waals surface area contributed by atoms with Crippen LogP contribution in [0.25, 0.3) is 0 Å². The highest BCUT2D eigenvalue weighted by molar-refractivity contribution is 5.79. The predicted octanol–water partition coefficient (Wildman–Crippen LogP) is 3.34. The van der Waals surface area contributed by atoms with E-state index in [1.165, 1.54) is 16.7 Å². The van der Waals surface area contributed by atoms with Gasteiger partial charge in [-0.1, -0.05) is 54.6 Å². The third-order valence-corrected chi connectivity index (χ3v) is 6.11. The number of aliphatic imine (C=N–C) groups is 1. The highest BCUT2D eigenvalue weighted by atomic mass is 16.5. The molecular formula is C25H31N5O. The van der Waals surface area contributed by atoms with Crippen molar-refractivity contribution in [2.45, 2.75) is 31.3 Å². The number of hydrogen-bond acceptors (Lipinski definition) is 3. The SMILES string of the molecule is CN=C(NCc1ccccc1Cn1cccn1)NCC1(c2ccccc2)CCOCC1. The molecule has 2 N–H and O–H groups in total. The molecule has 2 aromatic carbocycles. The van der Waals surface area contributed by atoms with Crippen molar-refractivity contribution in [3.05, 3.63) is 89.7 Å². The van der Waals surface area contributed by atoms with Gasteiger partial charge in [0.1, 0.15) is 0 Å². The molecule has 1 saturated heterocycles. The summed E-state index contributed by atoms with van der Waals surface area (Å²) in [5.74, 6) is 0.815. The van der Waals surface area contributed by atoms with Gasteiger partial charge < -0.3 is 15.4 Å². The van der Waals surface area contributed by atoms with Gasteiger partial charge >= 0.3 is 0 Å². The quantitative estimate of drug-likeness (QED) is 0.457. The highest BCUT2D eigenvalue weighted by Crippen LogP contribution is 2.34. The van der Waals surface area contributed by atoms with Crippen LogP contribution in [0.15, 0.2) is 78.0 Å². The minimum absolute atomic E-state index is 0.0646. The molecule has 1 fully saturated rings. The van der Waals surface area contributed by atoms with E-state index in [-0.39, 0.29) is 5.41 Å². The largest absolute Gasteiger partial charge is 0.381 e. The summed E-state index contributed by atoms with van der Waals surface area (Å²) in [5, 5.41) is 11.4. The third-order valence-electron chi connectivity index (χ3n) is 6.11. The van der Waals surface area contributed by atoms with Gasteiger partial charge in [-0.25, -0.2) is 0 Å². The van der Waals surface area contributed by atoms with Gasteiger partial charge in [0.15, 0.2) is 5.96 Å². The lowest BCUT2D eigenvalue weighted by Crippen LogP contribution is -2.48. The van der Waals surface area contributed by atoms with Crippen molar-refractivity contribution >= 4 is 5.96 Å². The first-order valence-corrected chi connectivity index (χ1v) is 10.9. The van der Waals surface area contributed by atoms with Gasteiger partial charge in [-0.3, -0.25) is 9.67 Å². The van der Waals surface area contributed by atoms with Crippen molar-refractivity contribution in [3.8, 4) is 0 Å². The van der Waals surface area contributed by atoms with Gasteiger partial charge in [0.2, 0.25) is 0 Å². The molecule has 31 heavy (non-hydrogen) atoms. The Morgan fingerprint density at radius 1 is 1.00 bits per heavy atom. The van der Waals surface area contributed by atoms with Gasteiger partial charge in [-0.05, 0) is 35.6 Å². The van der Waals surface area contributed by atoms with E-state index in [0.717, 1.165) is 45.1 Å². The third kappa shape index (κ3) is 5.33. The second-order valence-electron chi connectivity index (χ2n) is 8.01. The zero-order chi connectivity index (χ0) is 21.4. The number of nitrogens with zero attached hydrogens (tertiary/aromatic N) is 3. The summed E-state index contributed by atoms with van der Waals surface area (Å²) in [4.78, 5) is 4.46. The molecule has 0 saturated carbocycles. The summed E-state index contributed by atoms with van der Waals surface area (Å²) >= 11 is 0. The fourth-order valence-corrected chi connectivity index (χ4v) is 4.23. The van der Waals surface area contributed by atoms with E-state index >= 15 is 0 Å². The first-order chi connectivity index (χ1) is 15.3. The molecule has 1 aliphatic heterocycles. The fraction of sp³-hybridized carbons (Fsp3) is 0.360. The Hall–Kier alpha value is -3.12. The molecule has 3 aromatic rings. The smallest absolute Gasteiger partial charge is 0.191 e. The molecule has 162 valence electrons. The minimum atomic E-state index is 0.0646. The molecule has 0 amide bonds. The first-order valence-electron chi connectivity index (χ1n) is 10.9. The lowest BCUT2D eigenvalue weighted by Gasteiger charge is -2.38. The molecule has 6 nitrogen and oxygen atoms in total. The Morgan fingerprint density at radius 3 is 2.45 bits per heavy atom. The van der Waals surface area contributed by atoms with E-state index in [4.69, 9.17) is 4.74 Å². The van der Waals surface area contributed by atoms with Gasteiger partial charge in [0.25, 0.3) is 0 Å². The standard InChI is InChI=1S/C25H31N5O/c1-26-24(27-18-21-8-5-6-9-22(21)19-30-15-7-14-29-30)28-20-25(12-16-31-17-13-25)23-10-3-2-4-11-23/h2-11,14-15H,12-13,16-20H2,1H3,(H2,26,27,28). The van der Waals surface area contributed by atoms with Crippen molar-refractivity contribution in [1.29, 1.82) is 0 Å². The van der Waals surface area contributed by atoms with E-state index in [2.05, 4.69) is 75.3 Å². The maximum Gasteiger partial charge on any atom is 0.191 e. The predicted molar refractivity (Wildman–Crippen MR) is 124 cm³/mol. The molecule has 0 atom stereocenters. The number of hydrogen-bond donors (Lipinski definition) is 2. The van der Waals surface area contributed by atoms with E-state index in [0.29, 0.717) is 6.54 Å². The van der Waals surface area contributed by atoms with Crippen molar-refractivity contribution in [3.63, 3.8) is 0 Å². The van der Waals surface area contributed by atoms with Gasteiger partial charge in [0, 0.05) is 51.2 Å². The molecule has 0 bridgehead atoms. The van der Waals surface area contributed by atoms with Crippen LogP contribution in [-0.4, -0.2) is 42.5 Å². The van der Waals surface area contributed by atoms with Gasteiger partial charge in [-0.15, -0.1) is 0 Å². The second-order valence-corrected chi connectivity index (χ2v) is 8.01. The average Bonchev–Trinajstić information content (AvgIpc) is 3.34. The molecule has 1 aliphatic rings.